The quantitative estimate of drug-likeness (QED) is 0.410. The van der Waals surface area contributed by atoms with Crippen LogP contribution >= 0.6 is 27.7 Å². The van der Waals surface area contributed by atoms with Crippen LogP contribution in [0.1, 0.15) is 26.2 Å². The van der Waals surface area contributed by atoms with Gasteiger partial charge in [-0.25, -0.2) is 0 Å². The second kappa shape index (κ2) is 7.36. The number of thioether (sulfide) groups is 1. The van der Waals surface area contributed by atoms with E-state index in [-0.39, 0.29) is 0 Å². The van der Waals surface area contributed by atoms with Crippen molar-refractivity contribution in [2.45, 2.75) is 35.9 Å². The molecule has 1 rings (SSSR count). The SMILES string of the molecule is CC(Br)CCCCSc1ccccc1. The summed E-state index contributed by atoms with van der Waals surface area (Å²) in [5.74, 6) is 1.24. The molecule has 0 saturated carbocycles. The molecule has 1 aromatic carbocycles. The molecule has 2 heteroatoms. The molecule has 0 fully saturated rings. The van der Waals surface area contributed by atoms with Gasteiger partial charge in [0, 0.05) is 9.72 Å². The molecular formula is C12H17BrS. The van der Waals surface area contributed by atoms with Crippen molar-refractivity contribution < 1.29 is 0 Å². The standard InChI is InChI=1S/C12H17BrS/c1-11(13)7-5-6-10-14-12-8-3-2-4-9-12/h2-4,8-9,11H,5-7,10H2,1H3. The van der Waals surface area contributed by atoms with Crippen molar-refractivity contribution in [2.24, 2.45) is 0 Å². The van der Waals surface area contributed by atoms with Crippen molar-refractivity contribution in [3.05, 3.63) is 30.3 Å². The lowest BCUT2D eigenvalue weighted by molar-refractivity contribution is 0.724. The minimum atomic E-state index is 0.671. The first-order valence-corrected chi connectivity index (χ1v) is 7.01. The Balaban J connectivity index is 2.05. The normalized spacial score (nSPS) is 12.7. The molecule has 0 saturated heterocycles. The predicted molar refractivity (Wildman–Crippen MR) is 69.4 cm³/mol. The highest BCUT2D eigenvalue weighted by molar-refractivity contribution is 9.09. The molecule has 0 aliphatic heterocycles. The molecule has 0 N–H and O–H groups in total. The third-order valence-electron chi connectivity index (χ3n) is 2.01. The van der Waals surface area contributed by atoms with E-state index in [0.29, 0.717) is 4.83 Å². The van der Waals surface area contributed by atoms with Crippen LogP contribution in [0.5, 0.6) is 0 Å². The molecule has 0 aromatic heterocycles. The first kappa shape index (κ1) is 12.1. The summed E-state index contributed by atoms with van der Waals surface area (Å²) < 4.78 is 0. The zero-order chi connectivity index (χ0) is 10.2. The van der Waals surface area contributed by atoms with Gasteiger partial charge in [0.15, 0.2) is 0 Å². The monoisotopic (exact) mass is 272 g/mol. The lowest BCUT2D eigenvalue weighted by atomic mass is 10.2. The van der Waals surface area contributed by atoms with Crippen LogP contribution in [0.3, 0.4) is 0 Å². The van der Waals surface area contributed by atoms with Gasteiger partial charge < -0.3 is 0 Å². The molecule has 1 atom stereocenters. The summed E-state index contributed by atoms with van der Waals surface area (Å²) in [6, 6.07) is 10.6. The van der Waals surface area contributed by atoms with Gasteiger partial charge >= 0.3 is 0 Å². The Morgan fingerprint density at radius 2 is 1.93 bits per heavy atom. The van der Waals surface area contributed by atoms with Crippen molar-refractivity contribution in [1.29, 1.82) is 0 Å². The minimum Gasteiger partial charge on any atom is -0.126 e. The molecule has 0 amide bonds. The minimum absolute atomic E-state index is 0.671. The number of rotatable bonds is 6. The van der Waals surface area contributed by atoms with Gasteiger partial charge in [-0.05, 0) is 30.7 Å². The van der Waals surface area contributed by atoms with Crippen LogP contribution in [-0.2, 0) is 0 Å². The van der Waals surface area contributed by atoms with Crippen LogP contribution in [-0.4, -0.2) is 10.6 Å². The van der Waals surface area contributed by atoms with Crippen molar-refractivity contribution in [3.63, 3.8) is 0 Å². The lowest BCUT2D eigenvalue weighted by Gasteiger charge is -2.03. The van der Waals surface area contributed by atoms with Gasteiger partial charge in [0.05, 0.1) is 0 Å². The molecular weight excluding hydrogens is 256 g/mol. The van der Waals surface area contributed by atoms with E-state index in [1.165, 1.54) is 29.9 Å². The van der Waals surface area contributed by atoms with Gasteiger partial charge in [0.1, 0.15) is 0 Å². The first-order chi connectivity index (χ1) is 6.79. The fourth-order valence-corrected chi connectivity index (χ4v) is 2.49. The van der Waals surface area contributed by atoms with Gasteiger partial charge in [0.25, 0.3) is 0 Å². The summed E-state index contributed by atoms with van der Waals surface area (Å²) in [7, 11) is 0. The third kappa shape index (κ3) is 5.71. The van der Waals surface area contributed by atoms with Crippen molar-refractivity contribution in [2.75, 3.05) is 5.75 Å². The van der Waals surface area contributed by atoms with Gasteiger partial charge in [-0.3, -0.25) is 0 Å². The second-order valence-corrected chi connectivity index (χ2v) is 6.17. The summed E-state index contributed by atoms with van der Waals surface area (Å²) >= 11 is 5.52. The highest BCUT2D eigenvalue weighted by Gasteiger charge is 1.96. The summed E-state index contributed by atoms with van der Waals surface area (Å²) in [4.78, 5) is 2.06. The number of hydrogen-bond donors (Lipinski definition) is 0. The second-order valence-electron chi connectivity index (χ2n) is 3.44. The van der Waals surface area contributed by atoms with Crippen LogP contribution < -0.4 is 0 Å². The first-order valence-electron chi connectivity index (χ1n) is 5.11. The highest BCUT2D eigenvalue weighted by Crippen LogP contribution is 2.19. The van der Waals surface area contributed by atoms with Gasteiger partial charge in [-0.1, -0.05) is 47.5 Å². The van der Waals surface area contributed by atoms with Crippen LogP contribution in [0, 0.1) is 0 Å². The Morgan fingerprint density at radius 3 is 2.57 bits per heavy atom. The number of alkyl halides is 1. The predicted octanol–water partition coefficient (Wildman–Crippen LogP) is 4.73. The zero-order valence-corrected chi connectivity index (χ0v) is 11.0. The smallest absolute Gasteiger partial charge is 0.0117 e. The maximum atomic E-state index is 3.56. The largest absolute Gasteiger partial charge is 0.126 e. The molecule has 78 valence electrons. The van der Waals surface area contributed by atoms with E-state index in [1.807, 2.05) is 11.8 Å². The number of unbranched alkanes of at least 4 members (excludes halogenated alkanes) is 1. The van der Waals surface area contributed by atoms with E-state index in [1.54, 1.807) is 0 Å². The third-order valence-corrected chi connectivity index (χ3v) is 3.56. The fourth-order valence-electron chi connectivity index (χ4n) is 1.23. The maximum Gasteiger partial charge on any atom is 0.0117 e. The molecule has 1 aromatic rings. The summed E-state index contributed by atoms with van der Waals surface area (Å²) in [5, 5.41) is 0. The van der Waals surface area contributed by atoms with Gasteiger partial charge in [-0.15, -0.1) is 11.8 Å². The van der Waals surface area contributed by atoms with Crippen molar-refractivity contribution in [3.8, 4) is 0 Å². The lowest BCUT2D eigenvalue weighted by Crippen LogP contribution is -1.90. The van der Waals surface area contributed by atoms with E-state index < -0.39 is 0 Å². The fraction of sp³-hybridized carbons (Fsp3) is 0.500. The zero-order valence-electron chi connectivity index (χ0n) is 8.58. The molecule has 0 radical (unpaired) electrons. The van der Waals surface area contributed by atoms with Crippen LogP contribution in [0.2, 0.25) is 0 Å². The average Bonchev–Trinajstić information content (AvgIpc) is 2.18. The molecule has 0 spiro atoms. The molecule has 1 unspecified atom stereocenters. The Bertz CT molecular complexity index is 233. The maximum absolute atomic E-state index is 3.56. The highest BCUT2D eigenvalue weighted by atomic mass is 79.9. The van der Waals surface area contributed by atoms with E-state index in [9.17, 15) is 0 Å². The Morgan fingerprint density at radius 1 is 1.21 bits per heavy atom. The van der Waals surface area contributed by atoms with Gasteiger partial charge in [0.2, 0.25) is 0 Å². The van der Waals surface area contributed by atoms with Gasteiger partial charge in [-0.2, -0.15) is 0 Å². The molecule has 0 bridgehead atoms. The molecule has 0 aliphatic rings. The number of benzene rings is 1. The summed E-state index contributed by atoms with van der Waals surface area (Å²) in [5.41, 5.74) is 0. The van der Waals surface area contributed by atoms with E-state index in [4.69, 9.17) is 0 Å². The topological polar surface area (TPSA) is 0 Å². The summed E-state index contributed by atoms with van der Waals surface area (Å²) in [6.07, 6.45) is 3.93. The van der Waals surface area contributed by atoms with Crippen LogP contribution in [0.25, 0.3) is 0 Å². The molecule has 0 aliphatic carbocycles. The Hall–Kier alpha value is 0.0500. The Kier molecular flexibility index (Phi) is 6.37. The number of hydrogen-bond acceptors (Lipinski definition) is 1. The number of halogens is 1. The molecule has 0 heterocycles. The molecule has 0 nitrogen and oxygen atoms in total. The van der Waals surface area contributed by atoms with E-state index >= 15 is 0 Å². The van der Waals surface area contributed by atoms with Crippen LogP contribution in [0.15, 0.2) is 35.2 Å². The molecule has 14 heavy (non-hydrogen) atoms. The van der Waals surface area contributed by atoms with Crippen LogP contribution in [0.4, 0.5) is 0 Å². The van der Waals surface area contributed by atoms with E-state index in [0.717, 1.165) is 0 Å². The van der Waals surface area contributed by atoms with Crippen molar-refractivity contribution >= 4 is 27.7 Å². The average molecular weight is 273 g/mol. The van der Waals surface area contributed by atoms with Crippen molar-refractivity contribution in [1.82, 2.24) is 0 Å². The Labute approximate surface area is 99.6 Å². The van der Waals surface area contributed by atoms with E-state index in [2.05, 4.69) is 53.2 Å². The summed E-state index contributed by atoms with van der Waals surface area (Å²) in [6.45, 7) is 2.21.